The van der Waals surface area contributed by atoms with Crippen molar-refractivity contribution in [2.45, 2.75) is 26.8 Å². The number of carbonyl (C=O) groups is 1. The van der Waals surface area contributed by atoms with Gasteiger partial charge in [-0.2, -0.15) is 0 Å². The van der Waals surface area contributed by atoms with Gasteiger partial charge in [0.2, 0.25) is 5.91 Å². The van der Waals surface area contributed by atoms with Crippen molar-refractivity contribution in [3.63, 3.8) is 0 Å². The predicted molar refractivity (Wildman–Crippen MR) is 75.7 cm³/mol. The number of nitro benzene ring substituents is 1. The zero-order chi connectivity index (χ0) is 15.5. The highest BCUT2D eigenvalue weighted by Crippen LogP contribution is 2.29. The molecule has 0 spiro atoms. The zero-order valence-electron chi connectivity index (χ0n) is 12.0. The second-order valence-corrected chi connectivity index (χ2v) is 5.47. The van der Waals surface area contributed by atoms with Gasteiger partial charge in [-0.05, 0) is 11.5 Å². The van der Waals surface area contributed by atoms with Crippen LogP contribution in [0.15, 0.2) is 18.2 Å². The first-order valence-electron chi connectivity index (χ1n) is 6.05. The van der Waals surface area contributed by atoms with E-state index in [1.54, 1.807) is 0 Å². The first-order chi connectivity index (χ1) is 9.16. The molecule has 7 nitrogen and oxygen atoms in total. The van der Waals surface area contributed by atoms with Crippen LogP contribution in [0.1, 0.15) is 20.8 Å². The lowest BCUT2D eigenvalue weighted by Gasteiger charge is -2.26. The summed E-state index contributed by atoms with van der Waals surface area (Å²) < 4.78 is 5.04. The molecule has 0 bridgehead atoms. The molecule has 0 heterocycles. The summed E-state index contributed by atoms with van der Waals surface area (Å²) in [6.45, 7) is 5.55. The standard InChI is InChI=1S/C13H19N3O4/c1-13(2,3)11(14)12(17)15-9-6-5-8(16(18)19)7-10(9)20-4/h5-7,11H,14H2,1-4H3,(H,15,17). The summed E-state index contributed by atoms with van der Waals surface area (Å²) in [6, 6.07) is 3.26. The Kier molecular flexibility index (Phi) is 4.67. The molecule has 1 rings (SSSR count). The molecule has 0 saturated heterocycles. The lowest BCUT2D eigenvalue weighted by Crippen LogP contribution is -2.45. The van der Waals surface area contributed by atoms with Crippen LogP contribution in [0, 0.1) is 15.5 Å². The van der Waals surface area contributed by atoms with Crippen LogP contribution in [-0.4, -0.2) is 24.0 Å². The van der Waals surface area contributed by atoms with Gasteiger partial charge >= 0.3 is 0 Å². The molecule has 0 aliphatic heterocycles. The van der Waals surface area contributed by atoms with Gasteiger partial charge in [0.15, 0.2) is 0 Å². The summed E-state index contributed by atoms with van der Waals surface area (Å²) in [5.41, 5.74) is 5.70. The molecule has 20 heavy (non-hydrogen) atoms. The summed E-state index contributed by atoms with van der Waals surface area (Å²) in [4.78, 5) is 22.2. The van der Waals surface area contributed by atoms with Crippen LogP contribution in [0.5, 0.6) is 5.75 Å². The Morgan fingerprint density at radius 3 is 2.50 bits per heavy atom. The van der Waals surface area contributed by atoms with Crippen LogP contribution in [0.3, 0.4) is 0 Å². The molecule has 7 heteroatoms. The van der Waals surface area contributed by atoms with Crippen molar-refractivity contribution in [3.8, 4) is 5.75 Å². The SMILES string of the molecule is COc1cc([N+](=O)[O-])ccc1NC(=O)C(N)C(C)(C)C. The molecule has 1 atom stereocenters. The van der Waals surface area contributed by atoms with E-state index in [4.69, 9.17) is 10.5 Å². The maximum Gasteiger partial charge on any atom is 0.273 e. The minimum atomic E-state index is -0.706. The fraction of sp³-hybridized carbons (Fsp3) is 0.462. The van der Waals surface area contributed by atoms with Crippen molar-refractivity contribution in [1.29, 1.82) is 0 Å². The van der Waals surface area contributed by atoms with Crippen LogP contribution >= 0.6 is 0 Å². The number of nitrogens with two attached hydrogens (primary N) is 1. The average Bonchev–Trinajstić information content (AvgIpc) is 2.36. The number of nitrogens with zero attached hydrogens (tertiary/aromatic N) is 1. The summed E-state index contributed by atoms with van der Waals surface area (Å²) in [5, 5.41) is 13.3. The number of nitro groups is 1. The zero-order valence-corrected chi connectivity index (χ0v) is 12.0. The molecule has 0 aliphatic carbocycles. The molecule has 1 amide bonds. The van der Waals surface area contributed by atoms with Crippen LogP contribution in [-0.2, 0) is 4.79 Å². The van der Waals surface area contributed by atoms with E-state index in [1.165, 1.54) is 25.3 Å². The Bertz CT molecular complexity index is 523. The second-order valence-electron chi connectivity index (χ2n) is 5.47. The molecule has 1 unspecified atom stereocenters. The van der Waals surface area contributed by atoms with E-state index in [-0.39, 0.29) is 17.3 Å². The van der Waals surface area contributed by atoms with Gasteiger partial charge < -0.3 is 15.8 Å². The third-order valence-electron chi connectivity index (χ3n) is 2.87. The third kappa shape index (κ3) is 3.67. The highest BCUT2D eigenvalue weighted by Gasteiger charge is 2.28. The number of methoxy groups -OCH3 is 1. The molecular formula is C13H19N3O4. The molecule has 0 fully saturated rings. The van der Waals surface area contributed by atoms with Gasteiger partial charge in [-0.15, -0.1) is 0 Å². The summed E-state index contributed by atoms with van der Waals surface area (Å²) in [6.07, 6.45) is 0. The van der Waals surface area contributed by atoms with Crippen molar-refractivity contribution < 1.29 is 14.5 Å². The lowest BCUT2D eigenvalue weighted by molar-refractivity contribution is -0.384. The molecule has 3 N–H and O–H groups in total. The predicted octanol–water partition coefficient (Wildman–Crippen LogP) is 1.92. The molecular weight excluding hydrogens is 262 g/mol. The number of non-ortho nitro benzene ring substituents is 1. The van der Waals surface area contributed by atoms with Crippen molar-refractivity contribution in [3.05, 3.63) is 28.3 Å². The fourth-order valence-electron chi connectivity index (χ4n) is 1.50. The first-order valence-corrected chi connectivity index (χ1v) is 6.05. The number of carbonyl (C=O) groups excluding carboxylic acids is 1. The normalized spacial score (nSPS) is 12.7. The van der Waals surface area contributed by atoms with Crippen LogP contribution in [0.25, 0.3) is 0 Å². The maximum absolute atomic E-state index is 12.0. The number of anilines is 1. The minimum absolute atomic E-state index is 0.111. The second kappa shape index (κ2) is 5.87. The van der Waals surface area contributed by atoms with E-state index in [0.717, 1.165) is 0 Å². The monoisotopic (exact) mass is 281 g/mol. The van der Waals surface area contributed by atoms with E-state index < -0.39 is 16.4 Å². The van der Waals surface area contributed by atoms with Gasteiger partial charge in [0, 0.05) is 6.07 Å². The van der Waals surface area contributed by atoms with Gasteiger partial charge in [-0.1, -0.05) is 20.8 Å². The topological polar surface area (TPSA) is 107 Å². The summed E-state index contributed by atoms with van der Waals surface area (Å²) in [5.74, 6) is -0.154. The Labute approximate surface area is 117 Å². The third-order valence-corrected chi connectivity index (χ3v) is 2.87. The number of rotatable bonds is 4. The Balaban J connectivity index is 2.98. The molecule has 0 radical (unpaired) electrons. The van der Waals surface area contributed by atoms with Crippen molar-refractivity contribution in [2.24, 2.45) is 11.1 Å². The highest BCUT2D eigenvalue weighted by atomic mass is 16.6. The highest BCUT2D eigenvalue weighted by molar-refractivity contribution is 5.96. The lowest BCUT2D eigenvalue weighted by atomic mass is 9.87. The maximum atomic E-state index is 12.0. The van der Waals surface area contributed by atoms with Crippen LogP contribution in [0.2, 0.25) is 0 Å². The molecule has 110 valence electrons. The van der Waals surface area contributed by atoms with E-state index in [0.29, 0.717) is 5.69 Å². The van der Waals surface area contributed by atoms with Gasteiger partial charge in [0.05, 0.1) is 29.8 Å². The molecule has 0 aliphatic rings. The number of ether oxygens (including phenoxy) is 1. The molecule has 0 aromatic heterocycles. The van der Waals surface area contributed by atoms with Gasteiger partial charge in [-0.3, -0.25) is 14.9 Å². The van der Waals surface area contributed by atoms with Gasteiger partial charge in [0.1, 0.15) is 5.75 Å². The number of nitrogens with one attached hydrogen (secondary N) is 1. The molecule has 0 saturated carbocycles. The minimum Gasteiger partial charge on any atom is -0.494 e. The molecule has 1 aromatic rings. The quantitative estimate of drug-likeness (QED) is 0.647. The largest absolute Gasteiger partial charge is 0.494 e. The number of hydrogen-bond donors (Lipinski definition) is 2. The summed E-state index contributed by atoms with van der Waals surface area (Å²) >= 11 is 0. The Hall–Kier alpha value is -2.15. The van der Waals surface area contributed by atoms with E-state index in [9.17, 15) is 14.9 Å². The van der Waals surface area contributed by atoms with Crippen LogP contribution < -0.4 is 15.8 Å². The average molecular weight is 281 g/mol. The number of benzene rings is 1. The Morgan fingerprint density at radius 2 is 2.05 bits per heavy atom. The van der Waals surface area contributed by atoms with Crippen molar-refractivity contribution in [1.82, 2.24) is 0 Å². The van der Waals surface area contributed by atoms with E-state index in [2.05, 4.69) is 5.32 Å². The smallest absolute Gasteiger partial charge is 0.273 e. The Morgan fingerprint density at radius 1 is 1.45 bits per heavy atom. The summed E-state index contributed by atoms with van der Waals surface area (Å²) in [7, 11) is 1.37. The fourth-order valence-corrected chi connectivity index (χ4v) is 1.50. The first kappa shape index (κ1) is 15.9. The number of amides is 1. The molecule has 1 aromatic carbocycles. The van der Waals surface area contributed by atoms with E-state index in [1.807, 2.05) is 20.8 Å². The number of hydrogen-bond acceptors (Lipinski definition) is 5. The van der Waals surface area contributed by atoms with E-state index >= 15 is 0 Å². The van der Waals surface area contributed by atoms with Gasteiger partial charge in [-0.25, -0.2) is 0 Å². The van der Waals surface area contributed by atoms with Gasteiger partial charge in [0.25, 0.3) is 5.69 Å². The van der Waals surface area contributed by atoms with Crippen molar-refractivity contribution >= 4 is 17.3 Å². The van der Waals surface area contributed by atoms with Crippen LogP contribution in [0.4, 0.5) is 11.4 Å². The van der Waals surface area contributed by atoms with Crippen molar-refractivity contribution in [2.75, 3.05) is 12.4 Å².